The summed E-state index contributed by atoms with van der Waals surface area (Å²) in [6.45, 7) is 7.97. The molecule has 0 aromatic heterocycles. The zero-order chi connectivity index (χ0) is 13.9. The van der Waals surface area contributed by atoms with Gasteiger partial charge < -0.3 is 9.80 Å². The lowest BCUT2D eigenvalue weighted by molar-refractivity contribution is 0.641. The van der Waals surface area contributed by atoms with Crippen LogP contribution in [-0.2, 0) is 0 Å². The minimum Gasteiger partial charge on any atom is -0.346 e. The zero-order valence-electron chi connectivity index (χ0n) is 11.9. The van der Waals surface area contributed by atoms with Crippen molar-refractivity contribution in [3.05, 3.63) is 72.8 Å². The molecule has 2 aromatic carbocycles. The molecule has 0 saturated carbocycles. The van der Waals surface area contributed by atoms with Crippen LogP contribution in [0.15, 0.2) is 67.3 Å². The van der Waals surface area contributed by atoms with Gasteiger partial charge in [-0.05, 0) is 24.6 Å². The summed E-state index contributed by atoms with van der Waals surface area (Å²) in [5.41, 5.74) is 3.93. The van der Waals surface area contributed by atoms with Crippen molar-refractivity contribution >= 4 is 11.4 Å². The first-order chi connectivity index (χ1) is 9.86. The van der Waals surface area contributed by atoms with Gasteiger partial charge in [-0.3, -0.25) is 0 Å². The molecule has 0 N–H and O–H groups in total. The summed E-state index contributed by atoms with van der Waals surface area (Å²) in [5, 5.41) is 0. The Bertz CT molecular complexity index is 591. The third-order valence-corrected chi connectivity index (χ3v) is 3.86. The molecule has 1 unspecified atom stereocenters. The van der Waals surface area contributed by atoms with E-state index in [2.05, 4.69) is 77.9 Å². The van der Waals surface area contributed by atoms with Gasteiger partial charge in [-0.2, -0.15) is 0 Å². The van der Waals surface area contributed by atoms with Crippen molar-refractivity contribution in [1.29, 1.82) is 0 Å². The third-order valence-electron chi connectivity index (χ3n) is 3.86. The molecule has 1 aliphatic rings. The van der Waals surface area contributed by atoms with Crippen molar-refractivity contribution in [1.82, 2.24) is 0 Å². The first-order valence-corrected chi connectivity index (χ1v) is 7.15. The fraction of sp³-hybridized carbons (Fsp3) is 0.222. The normalized spacial score (nSPS) is 17.1. The summed E-state index contributed by atoms with van der Waals surface area (Å²) in [4.78, 5) is 4.87. The Hall–Kier alpha value is -2.22. The van der Waals surface area contributed by atoms with E-state index in [-0.39, 0.29) is 6.17 Å². The van der Waals surface area contributed by atoms with Crippen LogP contribution in [0.5, 0.6) is 0 Å². The monoisotopic (exact) mass is 264 g/mol. The predicted molar refractivity (Wildman–Crippen MR) is 86.2 cm³/mol. The van der Waals surface area contributed by atoms with Crippen LogP contribution < -0.4 is 9.80 Å². The lowest BCUT2D eigenvalue weighted by Crippen LogP contribution is -2.35. The molecule has 102 valence electrons. The molecule has 0 radical (unpaired) electrons. The average Bonchev–Trinajstić information content (AvgIpc) is 2.82. The molecule has 2 nitrogen and oxygen atoms in total. The lowest BCUT2D eigenvalue weighted by Gasteiger charge is -2.32. The summed E-state index contributed by atoms with van der Waals surface area (Å²) in [6.07, 6.45) is 2.24. The highest BCUT2D eigenvalue weighted by Crippen LogP contribution is 2.45. The maximum atomic E-state index is 3.92. The second-order valence-electron chi connectivity index (χ2n) is 5.00. The molecule has 1 atom stereocenters. The molecule has 3 rings (SSSR count). The standard InChI is InChI=1S/C18H20N2/c1-3-14-20-17-13-9-8-12-16(17)19(4-2)18(20)15-10-6-5-7-11-15/h3,5-13,18H,1,4,14H2,2H3. The lowest BCUT2D eigenvalue weighted by atomic mass is 10.1. The van der Waals surface area contributed by atoms with E-state index in [0.717, 1.165) is 13.1 Å². The number of rotatable bonds is 4. The SMILES string of the molecule is C=CCN1c2ccccc2N(CC)C1c1ccccc1. The molecule has 0 amide bonds. The largest absolute Gasteiger partial charge is 0.346 e. The molecule has 0 aliphatic carbocycles. The second kappa shape index (κ2) is 5.41. The van der Waals surface area contributed by atoms with Gasteiger partial charge in [0.2, 0.25) is 0 Å². The van der Waals surface area contributed by atoms with Gasteiger partial charge in [0.25, 0.3) is 0 Å². The molecular weight excluding hydrogens is 244 g/mol. The highest BCUT2D eigenvalue weighted by molar-refractivity contribution is 5.78. The van der Waals surface area contributed by atoms with Crippen LogP contribution in [0.25, 0.3) is 0 Å². The molecule has 2 heteroatoms. The molecule has 0 fully saturated rings. The Morgan fingerprint density at radius 2 is 1.55 bits per heavy atom. The molecule has 20 heavy (non-hydrogen) atoms. The first kappa shape index (κ1) is 12.8. The van der Waals surface area contributed by atoms with Crippen molar-refractivity contribution in [3.63, 3.8) is 0 Å². The highest BCUT2D eigenvalue weighted by atomic mass is 15.4. The minimum atomic E-state index is 0.261. The van der Waals surface area contributed by atoms with Crippen molar-refractivity contribution in [3.8, 4) is 0 Å². The van der Waals surface area contributed by atoms with E-state index < -0.39 is 0 Å². The Labute approximate surface area is 121 Å². The van der Waals surface area contributed by atoms with E-state index in [1.807, 2.05) is 6.08 Å². The number of fused-ring (bicyclic) bond motifs is 1. The first-order valence-electron chi connectivity index (χ1n) is 7.15. The van der Waals surface area contributed by atoms with Gasteiger partial charge in [0, 0.05) is 13.1 Å². The van der Waals surface area contributed by atoms with Crippen LogP contribution in [-0.4, -0.2) is 13.1 Å². The van der Waals surface area contributed by atoms with Crippen LogP contribution >= 0.6 is 0 Å². The second-order valence-corrected chi connectivity index (χ2v) is 5.00. The van der Waals surface area contributed by atoms with Crippen molar-refractivity contribution < 1.29 is 0 Å². The Morgan fingerprint density at radius 3 is 2.15 bits per heavy atom. The van der Waals surface area contributed by atoms with E-state index in [1.165, 1.54) is 16.9 Å². The maximum Gasteiger partial charge on any atom is 0.128 e. The Kier molecular flexibility index (Phi) is 3.46. The smallest absolute Gasteiger partial charge is 0.128 e. The number of benzene rings is 2. The van der Waals surface area contributed by atoms with Crippen molar-refractivity contribution in [2.45, 2.75) is 13.1 Å². The van der Waals surface area contributed by atoms with Gasteiger partial charge in [0.1, 0.15) is 6.17 Å². The number of nitrogens with zero attached hydrogens (tertiary/aromatic N) is 2. The van der Waals surface area contributed by atoms with Gasteiger partial charge >= 0.3 is 0 Å². The number of para-hydroxylation sites is 2. The van der Waals surface area contributed by atoms with E-state index in [4.69, 9.17) is 0 Å². The molecule has 0 saturated heterocycles. The van der Waals surface area contributed by atoms with Crippen molar-refractivity contribution in [2.24, 2.45) is 0 Å². The fourth-order valence-corrected chi connectivity index (χ4v) is 3.05. The van der Waals surface area contributed by atoms with E-state index in [0.29, 0.717) is 0 Å². The Morgan fingerprint density at radius 1 is 0.950 bits per heavy atom. The van der Waals surface area contributed by atoms with Gasteiger partial charge in [-0.1, -0.05) is 48.5 Å². The van der Waals surface area contributed by atoms with Crippen LogP contribution in [0.3, 0.4) is 0 Å². The van der Waals surface area contributed by atoms with Crippen LogP contribution in [0.4, 0.5) is 11.4 Å². The summed E-state index contributed by atoms with van der Waals surface area (Å²) in [6, 6.07) is 19.3. The topological polar surface area (TPSA) is 6.48 Å². The minimum absolute atomic E-state index is 0.261. The maximum absolute atomic E-state index is 3.92. The highest BCUT2D eigenvalue weighted by Gasteiger charge is 2.34. The van der Waals surface area contributed by atoms with Gasteiger partial charge in [-0.25, -0.2) is 0 Å². The summed E-state index contributed by atoms with van der Waals surface area (Å²) < 4.78 is 0. The zero-order valence-corrected chi connectivity index (χ0v) is 11.9. The molecule has 0 bridgehead atoms. The molecule has 0 spiro atoms. The van der Waals surface area contributed by atoms with Gasteiger partial charge in [0.05, 0.1) is 11.4 Å². The van der Waals surface area contributed by atoms with Crippen LogP contribution in [0.2, 0.25) is 0 Å². The summed E-state index contributed by atoms with van der Waals surface area (Å²) in [5.74, 6) is 0. The molecular formula is C18H20N2. The summed E-state index contributed by atoms with van der Waals surface area (Å²) >= 11 is 0. The molecule has 1 heterocycles. The fourth-order valence-electron chi connectivity index (χ4n) is 3.05. The van der Waals surface area contributed by atoms with Crippen LogP contribution in [0, 0.1) is 0 Å². The number of hydrogen-bond donors (Lipinski definition) is 0. The van der Waals surface area contributed by atoms with E-state index >= 15 is 0 Å². The quantitative estimate of drug-likeness (QED) is 0.763. The van der Waals surface area contributed by atoms with E-state index in [1.54, 1.807) is 0 Å². The Balaban J connectivity index is 2.10. The average molecular weight is 264 g/mol. The van der Waals surface area contributed by atoms with Crippen LogP contribution in [0.1, 0.15) is 18.7 Å². The molecule has 1 aliphatic heterocycles. The number of anilines is 2. The van der Waals surface area contributed by atoms with E-state index in [9.17, 15) is 0 Å². The third kappa shape index (κ3) is 1.97. The van der Waals surface area contributed by atoms with Gasteiger partial charge in [-0.15, -0.1) is 6.58 Å². The predicted octanol–water partition coefficient (Wildman–Crippen LogP) is 4.22. The van der Waals surface area contributed by atoms with Gasteiger partial charge in [0.15, 0.2) is 0 Å². The number of hydrogen-bond acceptors (Lipinski definition) is 2. The molecule has 2 aromatic rings. The summed E-state index contributed by atoms with van der Waals surface area (Å²) in [7, 11) is 0. The van der Waals surface area contributed by atoms with Crippen molar-refractivity contribution in [2.75, 3.05) is 22.9 Å².